The van der Waals surface area contributed by atoms with Crippen molar-refractivity contribution in [3.05, 3.63) is 0 Å². The van der Waals surface area contributed by atoms with Gasteiger partial charge < -0.3 is 15.5 Å². The highest BCUT2D eigenvalue weighted by Gasteiger charge is 2.17. The molecule has 0 aromatic heterocycles. The van der Waals surface area contributed by atoms with Gasteiger partial charge in [0.25, 0.3) is 0 Å². The van der Waals surface area contributed by atoms with Crippen molar-refractivity contribution in [1.29, 1.82) is 0 Å². The molecule has 0 aliphatic carbocycles. The Kier molecular flexibility index (Phi) is 9.91. The van der Waals surface area contributed by atoms with Gasteiger partial charge in [-0.2, -0.15) is 0 Å². The minimum atomic E-state index is 0. The highest BCUT2D eigenvalue weighted by atomic mass is 127. The molecule has 2 N–H and O–H groups in total. The van der Waals surface area contributed by atoms with Crippen molar-refractivity contribution in [2.24, 2.45) is 4.99 Å². The smallest absolute Gasteiger partial charge is 0.219 e. The van der Waals surface area contributed by atoms with Crippen LogP contribution in [0.3, 0.4) is 0 Å². The van der Waals surface area contributed by atoms with E-state index >= 15 is 0 Å². The molecule has 1 rings (SSSR count). The summed E-state index contributed by atoms with van der Waals surface area (Å²) in [5, 5.41) is 6.56. The lowest BCUT2D eigenvalue weighted by Gasteiger charge is -2.34. The summed E-state index contributed by atoms with van der Waals surface area (Å²) in [6.45, 7) is 11.3. The number of carbonyl (C=O) groups excluding carboxylic acids is 1. The third kappa shape index (κ3) is 7.28. The number of hydrogen-bond donors (Lipinski definition) is 2. The lowest BCUT2D eigenvalue weighted by molar-refractivity contribution is -0.130. The van der Waals surface area contributed by atoms with Gasteiger partial charge in [0.15, 0.2) is 5.96 Å². The van der Waals surface area contributed by atoms with Crippen LogP contribution in [0.2, 0.25) is 0 Å². The first-order valence-corrected chi connectivity index (χ1v) is 6.98. The minimum Gasteiger partial charge on any atom is -0.355 e. The normalized spacial score (nSPS) is 16.9. The van der Waals surface area contributed by atoms with Crippen molar-refractivity contribution in [2.45, 2.75) is 26.8 Å². The molecule has 1 aliphatic rings. The molecule has 0 radical (unpaired) electrons. The number of nitrogens with one attached hydrogen (secondary N) is 2. The average Bonchev–Trinajstić information content (AvgIpc) is 2.37. The fraction of sp³-hybridized carbons (Fsp3) is 0.846. The summed E-state index contributed by atoms with van der Waals surface area (Å²) in [7, 11) is 1.78. The Morgan fingerprint density at radius 3 is 2.30 bits per heavy atom. The molecule has 0 bridgehead atoms. The molecule has 0 spiro atoms. The molecule has 0 atom stereocenters. The second-order valence-electron chi connectivity index (χ2n) is 5.15. The van der Waals surface area contributed by atoms with E-state index in [4.69, 9.17) is 0 Å². The van der Waals surface area contributed by atoms with Crippen molar-refractivity contribution in [3.8, 4) is 0 Å². The van der Waals surface area contributed by atoms with E-state index < -0.39 is 0 Å². The molecule has 1 saturated heterocycles. The van der Waals surface area contributed by atoms with Crippen LogP contribution in [-0.4, -0.2) is 74.0 Å². The molecule has 20 heavy (non-hydrogen) atoms. The Bertz CT molecular complexity index is 314. The van der Waals surface area contributed by atoms with E-state index in [1.54, 1.807) is 14.0 Å². The van der Waals surface area contributed by atoms with Crippen LogP contribution in [0.4, 0.5) is 0 Å². The van der Waals surface area contributed by atoms with Crippen LogP contribution in [0.1, 0.15) is 20.8 Å². The van der Waals surface area contributed by atoms with Crippen molar-refractivity contribution >= 4 is 35.8 Å². The Morgan fingerprint density at radius 1 is 1.25 bits per heavy atom. The number of carbonyl (C=O) groups is 1. The molecule has 1 fully saturated rings. The van der Waals surface area contributed by atoms with E-state index in [2.05, 4.69) is 34.4 Å². The number of aliphatic imine (C=N–C) groups is 1. The monoisotopic (exact) mass is 397 g/mol. The summed E-state index contributed by atoms with van der Waals surface area (Å²) in [6.07, 6.45) is 0. The van der Waals surface area contributed by atoms with Gasteiger partial charge in [0.2, 0.25) is 5.91 Å². The first-order valence-electron chi connectivity index (χ1n) is 6.98. The van der Waals surface area contributed by atoms with Crippen molar-refractivity contribution in [2.75, 3.05) is 46.3 Å². The molecule has 0 saturated carbocycles. The standard InChI is InChI=1S/C13H27N5O.HI/c1-11(2)16-13(14-4)15-5-6-17-7-9-18(10-8-17)12(3)19;/h11H,5-10H2,1-4H3,(H2,14,15,16);1H. The number of rotatable bonds is 4. The highest BCUT2D eigenvalue weighted by Crippen LogP contribution is 2.00. The Hall–Kier alpha value is -0.570. The number of piperazine rings is 1. The maximum absolute atomic E-state index is 11.2. The van der Waals surface area contributed by atoms with E-state index in [-0.39, 0.29) is 29.9 Å². The molecular weight excluding hydrogens is 369 g/mol. The highest BCUT2D eigenvalue weighted by molar-refractivity contribution is 14.0. The molecule has 118 valence electrons. The second-order valence-corrected chi connectivity index (χ2v) is 5.15. The summed E-state index contributed by atoms with van der Waals surface area (Å²) < 4.78 is 0. The SMILES string of the molecule is CN=C(NCCN1CCN(C(C)=O)CC1)NC(C)C.I. The molecule has 0 aromatic rings. The Morgan fingerprint density at radius 2 is 1.85 bits per heavy atom. The zero-order chi connectivity index (χ0) is 14.3. The number of amides is 1. The average molecular weight is 397 g/mol. The second kappa shape index (κ2) is 10.2. The molecule has 7 heteroatoms. The fourth-order valence-corrected chi connectivity index (χ4v) is 2.09. The summed E-state index contributed by atoms with van der Waals surface area (Å²) in [5.74, 6) is 1.02. The molecule has 1 aliphatic heterocycles. The van der Waals surface area contributed by atoms with E-state index in [0.717, 1.165) is 45.2 Å². The van der Waals surface area contributed by atoms with Gasteiger partial charge in [-0.15, -0.1) is 24.0 Å². The van der Waals surface area contributed by atoms with Crippen LogP contribution < -0.4 is 10.6 Å². The van der Waals surface area contributed by atoms with Crippen LogP contribution in [0.15, 0.2) is 4.99 Å². The van der Waals surface area contributed by atoms with Crippen molar-refractivity contribution in [1.82, 2.24) is 20.4 Å². The maximum Gasteiger partial charge on any atom is 0.219 e. The molecule has 1 amide bonds. The lowest BCUT2D eigenvalue weighted by Crippen LogP contribution is -2.50. The lowest BCUT2D eigenvalue weighted by atomic mass is 10.3. The van der Waals surface area contributed by atoms with Crippen LogP contribution in [0, 0.1) is 0 Å². The predicted octanol–water partition coefficient (Wildman–Crippen LogP) is 0.342. The number of hydrogen-bond acceptors (Lipinski definition) is 3. The van der Waals surface area contributed by atoms with Crippen LogP contribution in [0.25, 0.3) is 0 Å². The van der Waals surface area contributed by atoms with Gasteiger partial charge in [0, 0.05) is 59.3 Å². The number of guanidine groups is 1. The third-order valence-electron chi connectivity index (χ3n) is 3.19. The summed E-state index contributed by atoms with van der Waals surface area (Å²) in [4.78, 5) is 19.7. The van der Waals surface area contributed by atoms with E-state index in [1.165, 1.54) is 0 Å². The predicted molar refractivity (Wildman–Crippen MR) is 93.7 cm³/mol. The topological polar surface area (TPSA) is 60.0 Å². The fourth-order valence-electron chi connectivity index (χ4n) is 2.09. The summed E-state index contributed by atoms with van der Waals surface area (Å²) in [5.41, 5.74) is 0. The van der Waals surface area contributed by atoms with Gasteiger partial charge >= 0.3 is 0 Å². The Balaban J connectivity index is 0.00000361. The van der Waals surface area contributed by atoms with Gasteiger partial charge in [-0.1, -0.05) is 0 Å². The Labute approximate surface area is 139 Å². The molecule has 0 aromatic carbocycles. The summed E-state index contributed by atoms with van der Waals surface area (Å²) >= 11 is 0. The van der Waals surface area contributed by atoms with Crippen molar-refractivity contribution in [3.63, 3.8) is 0 Å². The zero-order valence-electron chi connectivity index (χ0n) is 13.0. The first-order chi connectivity index (χ1) is 9.02. The van der Waals surface area contributed by atoms with Crippen LogP contribution in [-0.2, 0) is 4.79 Å². The van der Waals surface area contributed by atoms with E-state index in [1.807, 2.05) is 4.90 Å². The minimum absolute atomic E-state index is 0. The first kappa shape index (κ1) is 19.4. The molecular formula is C13H28IN5O. The van der Waals surface area contributed by atoms with Gasteiger partial charge in [0.05, 0.1) is 0 Å². The van der Waals surface area contributed by atoms with Crippen LogP contribution in [0.5, 0.6) is 0 Å². The van der Waals surface area contributed by atoms with Gasteiger partial charge in [-0.3, -0.25) is 14.7 Å². The maximum atomic E-state index is 11.2. The number of nitrogens with zero attached hydrogens (tertiary/aromatic N) is 3. The van der Waals surface area contributed by atoms with Crippen LogP contribution >= 0.6 is 24.0 Å². The molecule has 6 nitrogen and oxygen atoms in total. The molecule has 0 unspecified atom stereocenters. The zero-order valence-corrected chi connectivity index (χ0v) is 15.3. The van der Waals surface area contributed by atoms with Gasteiger partial charge in [-0.25, -0.2) is 0 Å². The van der Waals surface area contributed by atoms with Gasteiger partial charge in [-0.05, 0) is 13.8 Å². The third-order valence-corrected chi connectivity index (χ3v) is 3.19. The molecule has 1 heterocycles. The van der Waals surface area contributed by atoms with Gasteiger partial charge in [0.1, 0.15) is 0 Å². The number of halogens is 1. The van der Waals surface area contributed by atoms with E-state index in [9.17, 15) is 4.79 Å². The quantitative estimate of drug-likeness (QED) is 0.408. The van der Waals surface area contributed by atoms with Crippen molar-refractivity contribution < 1.29 is 4.79 Å². The van der Waals surface area contributed by atoms with E-state index in [0.29, 0.717) is 6.04 Å². The largest absolute Gasteiger partial charge is 0.355 e. The summed E-state index contributed by atoms with van der Waals surface area (Å²) in [6, 6.07) is 0.380.